The van der Waals surface area contributed by atoms with Gasteiger partial charge in [-0.3, -0.25) is 4.79 Å². The Bertz CT molecular complexity index is 565. The van der Waals surface area contributed by atoms with Gasteiger partial charge in [-0.1, -0.05) is 43.7 Å². The third kappa shape index (κ3) is 2.83. The van der Waals surface area contributed by atoms with E-state index < -0.39 is 0 Å². The van der Waals surface area contributed by atoms with Crippen LogP contribution in [-0.2, 0) is 0 Å². The van der Waals surface area contributed by atoms with Gasteiger partial charge in [-0.25, -0.2) is 0 Å². The molecule has 0 aromatic heterocycles. The summed E-state index contributed by atoms with van der Waals surface area (Å²) < 4.78 is 1.03. The molecule has 0 aliphatic heterocycles. The van der Waals surface area contributed by atoms with E-state index in [1.54, 1.807) is 0 Å². The van der Waals surface area contributed by atoms with Crippen LogP contribution in [0.15, 0.2) is 36.4 Å². The molecule has 0 radical (unpaired) electrons. The molecule has 94 valence electrons. The standard InChI is InChI=1S/C15H16INO/c1-2-3-10-17-15(18)13-9-8-11-6-4-5-7-12(11)14(13)16/h4-9H,2-3,10H2,1H3,(H,17,18). The first-order chi connectivity index (χ1) is 8.74. The Morgan fingerprint density at radius 2 is 2.00 bits per heavy atom. The fraction of sp³-hybridized carbons (Fsp3) is 0.267. The lowest BCUT2D eigenvalue weighted by atomic mass is 10.1. The molecule has 2 aromatic carbocycles. The van der Waals surface area contributed by atoms with E-state index in [1.165, 1.54) is 5.39 Å². The molecule has 0 aliphatic rings. The highest BCUT2D eigenvalue weighted by Crippen LogP contribution is 2.24. The van der Waals surface area contributed by atoms with Gasteiger partial charge in [-0.05, 0) is 45.9 Å². The van der Waals surface area contributed by atoms with Crippen molar-refractivity contribution >= 4 is 39.3 Å². The molecule has 1 N–H and O–H groups in total. The van der Waals surface area contributed by atoms with Crippen LogP contribution in [0.5, 0.6) is 0 Å². The minimum absolute atomic E-state index is 0.0265. The van der Waals surface area contributed by atoms with E-state index >= 15 is 0 Å². The van der Waals surface area contributed by atoms with E-state index in [0.29, 0.717) is 0 Å². The smallest absolute Gasteiger partial charge is 0.252 e. The highest BCUT2D eigenvalue weighted by Gasteiger charge is 2.11. The maximum Gasteiger partial charge on any atom is 0.252 e. The van der Waals surface area contributed by atoms with E-state index in [2.05, 4.69) is 47.0 Å². The van der Waals surface area contributed by atoms with Crippen LogP contribution in [-0.4, -0.2) is 12.5 Å². The summed E-state index contributed by atoms with van der Waals surface area (Å²) in [7, 11) is 0. The maximum absolute atomic E-state index is 12.1. The Morgan fingerprint density at radius 3 is 2.78 bits per heavy atom. The van der Waals surface area contributed by atoms with E-state index in [9.17, 15) is 4.79 Å². The zero-order valence-electron chi connectivity index (χ0n) is 10.4. The van der Waals surface area contributed by atoms with Gasteiger partial charge in [0, 0.05) is 10.1 Å². The summed E-state index contributed by atoms with van der Waals surface area (Å²) in [5.74, 6) is 0.0265. The maximum atomic E-state index is 12.1. The first kappa shape index (κ1) is 13.3. The van der Waals surface area contributed by atoms with Gasteiger partial charge in [0.1, 0.15) is 0 Å². The molecule has 1 amide bonds. The topological polar surface area (TPSA) is 29.1 Å². The van der Waals surface area contributed by atoms with Gasteiger partial charge < -0.3 is 5.32 Å². The molecule has 0 bridgehead atoms. The number of halogens is 1. The van der Waals surface area contributed by atoms with Crippen LogP contribution in [0.4, 0.5) is 0 Å². The largest absolute Gasteiger partial charge is 0.352 e. The SMILES string of the molecule is CCCCNC(=O)c1ccc2ccccc2c1I. The quantitative estimate of drug-likeness (QED) is 0.654. The van der Waals surface area contributed by atoms with Gasteiger partial charge in [0.2, 0.25) is 0 Å². The van der Waals surface area contributed by atoms with E-state index in [4.69, 9.17) is 0 Å². The van der Waals surface area contributed by atoms with Crippen molar-refractivity contribution in [1.29, 1.82) is 0 Å². The van der Waals surface area contributed by atoms with Crippen LogP contribution >= 0.6 is 22.6 Å². The van der Waals surface area contributed by atoms with Gasteiger partial charge in [-0.2, -0.15) is 0 Å². The molecule has 0 saturated carbocycles. The van der Waals surface area contributed by atoms with Gasteiger partial charge >= 0.3 is 0 Å². The van der Waals surface area contributed by atoms with E-state index in [0.717, 1.165) is 33.9 Å². The number of carbonyl (C=O) groups excluding carboxylic acids is 1. The summed E-state index contributed by atoms with van der Waals surface area (Å²) in [6, 6.07) is 12.1. The molecule has 0 saturated heterocycles. The number of hydrogen-bond acceptors (Lipinski definition) is 1. The average Bonchev–Trinajstić information content (AvgIpc) is 2.39. The van der Waals surface area contributed by atoms with E-state index in [1.807, 2.05) is 24.3 Å². The number of unbranched alkanes of at least 4 members (excludes halogenated alkanes) is 1. The second-order valence-corrected chi connectivity index (χ2v) is 5.34. The molecule has 2 aromatic rings. The highest BCUT2D eigenvalue weighted by molar-refractivity contribution is 14.1. The molecule has 2 nitrogen and oxygen atoms in total. The predicted molar refractivity (Wildman–Crippen MR) is 83.9 cm³/mol. The fourth-order valence-electron chi connectivity index (χ4n) is 1.88. The third-order valence-electron chi connectivity index (χ3n) is 2.92. The minimum atomic E-state index is 0.0265. The number of benzene rings is 2. The number of fused-ring (bicyclic) bond motifs is 1. The second kappa shape index (κ2) is 6.18. The molecular weight excluding hydrogens is 337 g/mol. The molecule has 3 heteroatoms. The fourth-order valence-corrected chi connectivity index (χ4v) is 2.80. The summed E-state index contributed by atoms with van der Waals surface area (Å²) in [6.45, 7) is 2.87. The molecule has 2 rings (SSSR count). The lowest BCUT2D eigenvalue weighted by Gasteiger charge is -2.08. The van der Waals surface area contributed by atoms with Crippen LogP contribution in [0, 0.1) is 3.57 Å². The van der Waals surface area contributed by atoms with Gasteiger partial charge in [-0.15, -0.1) is 0 Å². The first-order valence-corrected chi connectivity index (χ1v) is 7.27. The molecule has 0 spiro atoms. The summed E-state index contributed by atoms with van der Waals surface area (Å²) in [6.07, 6.45) is 2.12. The molecular formula is C15H16INO. The number of rotatable bonds is 4. The van der Waals surface area contributed by atoms with Gasteiger partial charge in [0.15, 0.2) is 0 Å². The average molecular weight is 353 g/mol. The van der Waals surface area contributed by atoms with Gasteiger partial charge in [0.05, 0.1) is 5.56 Å². The van der Waals surface area contributed by atoms with Gasteiger partial charge in [0.25, 0.3) is 5.91 Å². The van der Waals surface area contributed by atoms with Crippen molar-refractivity contribution in [2.45, 2.75) is 19.8 Å². The van der Waals surface area contributed by atoms with Crippen molar-refractivity contribution in [1.82, 2.24) is 5.32 Å². The summed E-state index contributed by atoms with van der Waals surface area (Å²) >= 11 is 2.25. The van der Waals surface area contributed by atoms with Crippen LogP contribution in [0.25, 0.3) is 10.8 Å². The molecule has 0 heterocycles. The van der Waals surface area contributed by atoms with Crippen molar-refractivity contribution in [3.05, 3.63) is 45.5 Å². The van der Waals surface area contributed by atoms with Crippen molar-refractivity contribution in [3.8, 4) is 0 Å². The lowest BCUT2D eigenvalue weighted by molar-refractivity contribution is 0.0952. The Labute approximate surface area is 121 Å². The number of nitrogens with one attached hydrogen (secondary N) is 1. The highest BCUT2D eigenvalue weighted by atomic mass is 127. The summed E-state index contributed by atoms with van der Waals surface area (Å²) in [5, 5.41) is 5.27. The molecule has 0 atom stereocenters. The number of carbonyl (C=O) groups is 1. The molecule has 0 fully saturated rings. The Balaban J connectivity index is 2.28. The molecule has 0 aliphatic carbocycles. The van der Waals surface area contributed by atoms with Crippen LogP contribution in [0.2, 0.25) is 0 Å². The Morgan fingerprint density at radius 1 is 1.22 bits per heavy atom. The zero-order valence-corrected chi connectivity index (χ0v) is 12.5. The van der Waals surface area contributed by atoms with Crippen LogP contribution in [0.1, 0.15) is 30.1 Å². The monoisotopic (exact) mass is 353 g/mol. The van der Waals surface area contributed by atoms with Crippen LogP contribution < -0.4 is 5.32 Å². The van der Waals surface area contributed by atoms with Crippen LogP contribution in [0.3, 0.4) is 0 Å². The summed E-state index contributed by atoms with van der Waals surface area (Å²) in [5.41, 5.74) is 0.769. The third-order valence-corrected chi connectivity index (χ3v) is 4.09. The Hall–Kier alpha value is -1.10. The lowest BCUT2D eigenvalue weighted by Crippen LogP contribution is -2.25. The van der Waals surface area contributed by atoms with E-state index in [-0.39, 0.29) is 5.91 Å². The minimum Gasteiger partial charge on any atom is -0.352 e. The second-order valence-electron chi connectivity index (χ2n) is 4.26. The Kier molecular flexibility index (Phi) is 4.58. The normalized spacial score (nSPS) is 10.6. The predicted octanol–water partition coefficient (Wildman–Crippen LogP) is 3.97. The van der Waals surface area contributed by atoms with Crippen molar-refractivity contribution in [2.75, 3.05) is 6.54 Å². The van der Waals surface area contributed by atoms with Crippen molar-refractivity contribution < 1.29 is 4.79 Å². The first-order valence-electron chi connectivity index (χ1n) is 6.19. The summed E-state index contributed by atoms with van der Waals surface area (Å²) in [4.78, 5) is 12.1. The molecule has 18 heavy (non-hydrogen) atoms. The zero-order chi connectivity index (χ0) is 13.0. The van der Waals surface area contributed by atoms with Crippen molar-refractivity contribution in [3.63, 3.8) is 0 Å². The number of hydrogen-bond donors (Lipinski definition) is 1. The molecule has 0 unspecified atom stereocenters. The van der Waals surface area contributed by atoms with Crippen molar-refractivity contribution in [2.24, 2.45) is 0 Å². The number of amides is 1.